The number of carbonyl (C=O) groups excluding carboxylic acids is 2. The highest BCUT2D eigenvalue weighted by Crippen LogP contribution is 2.42. The van der Waals surface area contributed by atoms with Crippen LogP contribution in [-0.2, 0) is 9.59 Å². The van der Waals surface area contributed by atoms with Crippen LogP contribution in [0.25, 0.3) is 5.76 Å². The van der Waals surface area contributed by atoms with E-state index in [9.17, 15) is 14.7 Å². The normalized spacial score (nSPS) is 19.0. The maximum absolute atomic E-state index is 12.8. The lowest BCUT2D eigenvalue weighted by atomic mass is 9.94. The number of aliphatic hydroxyl groups is 1. The first kappa shape index (κ1) is 18.7. The van der Waals surface area contributed by atoms with Gasteiger partial charge in [0, 0.05) is 17.7 Å². The smallest absolute Gasteiger partial charge is 0.295 e. The van der Waals surface area contributed by atoms with Crippen molar-refractivity contribution in [2.45, 2.75) is 19.9 Å². The highest BCUT2D eigenvalue weighted by molar-refractivity contribution is 6.46. The molecule has 0 aliphatic carbocycles. The van der Waals surface area contributed by atoms with Gasteiger partial charge in [-0.25, -0.2) is 0 Å². The number of para-hydroxylation sites is 1. The van der Waals surface area contributed by atoms with Gasteiger partial charge in [0.25, 0.3) is 11.7 Å². The summed E-state index contributed by atoms with van der Waals surface area (Å²) in [6.45, 7) is 4.37. The number of aliphatic hydroxyl groups excluding tert-OH is 1. The first-order chi connectivity index (χ1) is 13.0. The van der Waals surface area contributed by atoms with Crippen LogP contribution in [0.3, 0.4) is 0 Å². The van der Waals surface area contributed by atoms with Crippen LogP contribution in [0.1, 0.15) is 31.0 Å². The van der Waals surface area contributed by atoms with E-state index >= 15 is 0 Å². The van der Waals surface area contributed by atoms with Crippen LogP contribution in [0.5, 0.6) is 5.75 Å². The molecule has 5 nitrogen and oxygen atoms in total. The van der Waals surface area contributed by atoms with E-state index < -0.39 is 17.7 Å². The lowest BCUT2D eigenvalue weighted by Gasteiger charge is -2.27. The highest BCUT2D eigenvalue weighted by atomic mass is 16.5. The molecule has 0 unspecified atom stereocenters. The first-order valence-corrected chi connectivity index (χ1v) is 8.92. The van der Waals surface area contributed by atoms with Gasteiger partial charge in [0.2, 0.25) is 0 Å². The molecule has 1 fully saturated rings. The van der Waals surface area contributed by atoms with Gasteiger partial charge in [-0.05, 0) is 12.0 Å². The second-order valence-corrected chi connectivity index (χ2v) is 6.95. The van der Waals surface area contributed by atoms with Gasteiger partial charge in [-0.15, -0.1) is 0 Å². The predicted octanol–water partition coefficient (Wildman–Crippen LogP) is 3.77. The molecule has 1 amide bonds. The lowest BCUT2D eigenvalue weighted by Crippen LogP contribution is -2.33. The molecule has 1 heterocycles. The molecule has 0 radical (unpaired) electrons. The average molecular weight is 365 g/mol. The molecule has 27 heavy (non-hydrogen) atoms. The summed E-state index contributed by atoms with van der Waals surface area (Å²) >= 11 is 0. The predicted molar refractivity (Wildman–Crippen MR) is 103 cm³/mol. The maximum Gasteiger partial charge on any atom is 0.295 e. The average Bonchev–Trinajstić information content (AvgIpc) is 2.92. The Bertz CT molecular complexity index is 886. The van der Waals surface area contributed by atoms with E-state index in [1.165, 1.54) is 4.90 Å². The van der Waals surface area contributed by atoms with Crippen LogP contribution >= 0.6 is 0 Å². The van der Waals surface area contributed by atoms with Crippen molar-refractivity contribution in [3.05, 3.63) is 71.3 Å². The third-order valence-electron chi connectivity index (χ3n) is 4.58. The van der Waals surface area contributed by atoms with Crippen molar-refractivity contribution < 1.29 is 19.4 Å². The molecule has 0 spiro atoms. The maximum atomic E-state index is 12.8. The standard InChI is InChI=1S/C22H23NO4/c1-14(2)13-23-19(16-11-7-8-12-17(16)27-3)18(21(25)22(23)26)20(24)15-9-5-4-6-10-15/h4-12,14,19,24H,13H2,1-3H3/b20-18-/t19-/m0/s1. The van der Waals surface area contributed by atoms with Crippen LogP contribution in [0.2, 0.25) is 0 Å². The Hall–Kier alpha value is -3.08. The lowest BCUT2D eigenvalue weighted by molar-refractivity contribution is -0.140. The summed E-state index contributed by atoms with van der Waals surface area (Å²) in [5.41, 5.74) is 1.27. The van der Waals surface area contributed by atoms with Crippen molar-refractivity contribution in [1.29, 1.82) is 0 Å². The van der Waals surface area contributed by atoms with E-state index in [-0.39, 0.29) is 17.3 Å². The van der Waals surface area contributed by atoms with E-state index in [1.807, 2.05) is 38.1 Å². The Balaban J connectivity index is 2.23. The van der Waals surface area contributed by atoms with Gasteiger partial charge in [-0.2, -0.15) is 0 Å². The van der Waals surface area contributed by atoms with Crippen molar-refractivity contribution in [2.75, 3.05) is 13.7 Å². The molecular weight excluding hydrogens is 342 g/mol. The molecular formula is C22H23NO4. The van der Waals surface area contributed by atoms with Crippen LogP contribution in [0.15, 0.2) is 60.2 Å². The van der Waals surface area contributed by atoms with Crippen LogP contribution in [0.4, 0.5) is 0 Å². The van der Waals surface area contributed by atoms with E-state index in [0.717, 1.165) is 0 Å². The van der Waals surface area contributed by atoms with E-state index in [1.54, 1.807) is 37.4 Å². The molecule has 5 heteroatoms. The van der Waals surface area contributed by atoms with Crippen molar-refractivity contribution in [2.24, 2.45) is 5.92 Å². The Morgan fingerprint density at radius 3 is 2.33 bits per heavy atom. The monoisotopic (exact) mass is 365 g/mol. The van der Waals surface area contributed by atoms with E-state index in [2.05, 4.69) is 0 Å². The third kappa shape index (κ3) is 3.45. The zero-order valence-electron chi connectivity index (χ0n) is 15.7. The largest absolute Gasteiger partial charge is 0.507 e. The van der Waals surface area contributed by atoms with Gasteiger partial charge in [0.15, 0.2) is 0 Å². The van der Waals surface area contributed by atoms with Gasteiger partial charge in [0.1, 0.15) is 11.5 Å². The summed E-state index contributed by atoms with van der Waals surface area (Å²) in [4.78, 5) is 27.1. The number of likely N-dealkylation sites (tertiary alicyclic amines) is 1. The Morgan fingerprint density at radius 2 is 1.70 bits per heavy atom. The van der Waals surface area contributed by atoms with E-state index in [0.29, 0.717) is 23.4 Å². The van der Waals surface area contributed by atoms with Gasteiger partial charge in [-0.1, -0.05) is 62.4 Å². The van der Waals surface area contributed by atoms with Crippen LogP contribution in [-0.4, -0.2) is 35.4 Å². The van der Waals surface area contributed by atoms with Gasteiger partial charge in [-0.3, -0.25) is 9.59 Å². The first-order valence-electron chi connectivity index (χ1n) is 8.92. The molecule has 2 aromatic carbocycles. The number of nitrogens with zero attached hydrogens (tertiary/aromatic N) is 1. The number of benzene rings is 2. The molecule has 3 rings (SSSR count). The Morgan fingerprint density at radius 1 is 1.07 bits per heavy atom. The molecule has 0 bridgehead atoms. The van der Waals surface area contributed by atoms with E-state index in [4.69, 9.17) is 4.74 Å². The van der Waals surface area contributed by atoms with Crippen molar-refractivity contribution in [1.82, 2.24) is 4.90 Å². The molecule has 1 saturated heterocycles. The SMILES string of the molecule is COc1ccccc1[C@H]1/C(=C(/O)c2ccccc2)C(=O)C(=O)N1CC(C)C. The summed E-state index contributed by atoms with van der Waals surface area (Å²) in [5.74, 6) is -0.713. The zero-order chi connectivity index (χ0) is 19.6. The third-order valence-corrected chi connectivity index (χ3v) is 4.58. The quantitative estimate of drug-likeness (QED) is 0.498. The van der Waals surface area contributed by atoms with Crippen molar-refractivity contribution in [3.63, 3.8) is 0 Å². The second kappa shape index (κ2) is 7.66. The highest BCUT2D eigenvalue weighted by Gasteiger charge is 2.47. The molecule has 140 valence electrons. The number of Topliss-reactive ketones (excluding diaryl/α,β-unsaturated/α-hetero) is 1. The number of hydrogen-bond acceptors (Lipinski definition) is 4. The van der Waals surface area contributed by atoms with Gasteiger partial charge in [0.05, 0.1) is 18.7 Å². The molecule has 0 aromatic heterocycles. The minimum atomic E-state index is -0.691. The summed E-state index contributed by atoms with van der Waals surface area (Å²) in [6.07, 6.45) is 0. The summed E-state index contributed by atoms with van der Waals surface area (Å²) in [5, 5.41) is 10.9. The van der Waals surface area contributed by atoms with Gasteiger partial charge >= 0.3 is 0 Å². The number of ether oxygens (including phenoxy) is 1. The van der Waals surface area contributed by atoms with Crippen molar-refractivity contribution >= 4 is 17.4 Å². The second-order valence-electron chi connectivity index (χ2n) is 6.95. The number of methoxy groups -OCH3 is 1. The van der Waals surface area contributed by atoms with Crippen molar-refractivity contribution in [3.8, 4) is 5.75 Å². The Labute approximate surface area is 158 Å². The molecule has 0 saturated carbocycles. The zero-order valence-corrected chi connectivity index (χ0v) is 15.7. The molecule has 1 aliphatic heterocycles. The fraction of sp³-hybridized carbons (Fsp3) is 0.273. The van der Waals surface area contributed by atoms with Crippen LogP contribution < -0.4 is 4.74 Å². The number of carbonyl (C=O) groups is 2. The number of ketones is 1. The number of rotatable bonds is 5. The summed E-state index contributed by atoms with van der Waals surface area (Å²) in [7, 11) is 1.55. The van der Waals surface area contributed by atoms with Crippen LogP contribution in [0, 0.1) is 5.92 Å². The Kier molecular flexibility index (Phi) is 5.31. The fourth-order valence-corrected chi connectivity index (χ4v) is 3.43. The molecule has 1 atom stereocenters. The fourth-order valence-electron chi connectivity index (χ4n) is 3.43. The minimum Gasteiger partial charge on any atom is -0.507 e. The molecule has 1 N–H and O–H groups in total. The number of amides is 1. The van der Waals surface area contributed by atoms with Gasteiger partial charge < -0.3 is 14.7 Å². The topological polar surface area (TPSA) is 66.8 Å². The number of hydrogen-bond donors (Lipinski definition) is 1. The summed E-state index contributed by atoms with van der Waals surface area (Å²) < 4.78 is 5.46. The summed E-state index contributed by atoms with van der Waals surface area (Å²) in [6, 6.07) is 15.4. The minimum absolute atomic E-state index is 0.0938. The molecule has 2 aromatic rings. The molecule has 1 aliphatic rings.